The summed E-state index contributed by atoms with van der Waals surface area (Å²) in [6, 6.07) is 3.22. The van der Waals surface area contributed by atoms with Gasteiger partial charge in [0.25, 0.3) is 5.91 Å². The minimum atomic E-state index is -1.12. The highest BCUT2D eigenvalue weighted by Crippen LogP contribution is 2.33. The number of amides is 2. The minimum absolute atomic E-state index is 0.120. The lowest BCUT2D eigenvalue weighted by Gasteiger charge is -2.25. The van der Waals surface area contributed by atoms with Gasteiger partial charge in [0, 0.05) is 12.1 Å². The lowest BCUT2D eigenvalue weighted by atomic mass is 10.1. The second kappa shape index (κ2) is 6.38. The molecule has 2 aliphatic heterocycles. The number of nitrogens with zero attached hydrogens (tertiary/aromatic N) is 1. The first-order valence-corrected chi connectivity index (χ1v) is 7.71. The Hall–Kier alpha value is -2.77. The summed E-state index contributed by atoms with van der Waals surface area (Å²) >= 11 is 0. The lowest BCUT2D eigenvalue weighted by Crippen LogP contribution is -2.50. The van der Waals surface area contributed by atoms with Crippen molar-refractivity contribution in [3.63, 3.8) is 0 Å². The van der Waals surface area contributed by atoms with E-state index in [1.807, 2.05) is 0 Å². The molecule has 8 nitrogen and oxygen atoms in total. The van der Waals surface area contributed by atoms with Gasteiger partial charge in [0.1, 0.15) is 12.1 Å². The molecule has 1 saturated heterocycles. The Kier molecular flexibility index (Phi) is 4.28. The number of carboxylic acid groups (broad SMARTS) is 1. The van der Waals surface area contributed by atoms with Crippen molar-refractivity contribution in [2.75, 3.05) is 13.3 Å². The Morgan fingerprint density at radius 2 is 2.04 bits per heavy atom. The molecular weight excluding hydrogens is 316 g/mol. The van der Waals surface area contributed by atoms with Gasteiger partial charge in [0.15, 0.2) is 11.5 Å². The number of likely N-dealkylation sites (tertiary alicyclic amines) is 1. The second-order valence-electron chi connectivity index (χ2n) is 5.79. The molecule has 128 valence electrons. The van der Waals surface area contributed by atoms with Gasteiger partial charge in [-0.05, 0) is 38.0 Å². The monoisotopic (exact) mass is 334 g/mol. The Bertz CT molecular complexity index is 689. The third-order valence-electron chi connectivity index (χ3n) is 4.17. The van der Waals surface area contributed by atoms with E-state index in [-0.39, 0.29) is 12.7 Å². The van der Waals surface area contributed by atoms with E-state index >= 15 is 0 Å². The molecule has 3 rings (SSSR count). The van der Waals surface area contributed by atoms with E-state index in [0.29, 0.717) is 36.4 Å². The van der Waals surface area contributed by atoms with Crippen LogP contribution in [0.3, 0.4) is 0 Å². The van der Waals surface area contributed by atoms with Crippen molar-refractivity contribution in [1.82, 2.24) is 10.2 Å². The van der Waals surface area contributed by atoms with Crippen molar-refractivity contribution in [3.05, 3.63) is 23.8 Å². The Balaban J connectivity index is 1.74. The number of carboxylic acids is 1. The van der Waals surface area contributed by atoms with Gasteiger partial charge in [0.2, 0.25) is 12.7 Å². The van der Waals surface area contributed by atoms with Crippen LogP contribution in [0.4, 0.5) is 0 Å². The molecule has 1 aromatic carbocycles. The van der Waals surface area contributed by atoms with Crippen LogP contribution < -0.4 is 14.8 Å². The molecule has 0 radical (unpaired) electrons. The minimum Gasteiger partial charge on any atom is -0.480 e. The molecule has 0 saturated carbocycles. The molecule has 8 heteroatoms. The van der Waals surface area contributed by atoms with Gasteiger partial charge >= 0.3 is 5.97 Å². The zero-order valence-electron chi connectivity index (χ0n) is 13.2. The summed E-state index contributed by atoms with van der Waals surface area (Å²) in [7, 11) is 0. The van der Waals surface area contributed by atoms with Gasteiger partial charge in [-0.3, -0.25) is 14.4 Å². The van der Waals surface area contributed by atoms with Crippen LogP contribution in [-0.2, 0) is 9.59 Å². The van der Waals surface area contributed by atoms with E-state index in [1.165, 1.54) is 11.8 Å². The Morgan fingerprint density at radius 3 is 2.79 bits per heavy atom. The largest absolute Gasteiger partial charge is 0.480 e. The number of carbonyl (C=O) groups is 3. The van der Waals surface area contributed by atoms with Crippen LogP contribution in [0.15, 0.2) is 18.2 Å². The molecule has 2 aliphatic rings. The van der Waals surface area contributed by atoms with Crippen molar-refractivity contribution in [1.29, 1.82) is 0 Å². The molecule has 0 aromatic heterocycles. The summed E-state index contributed by atoms with van der Waals surface area (Å²) < 4.78 is 10.5. The van der Waals surface area contributed by atoms with E-state index in [2.05, 4.69) is 5.32 Å². The number of nitrogens with one attached hydrogen (secondary N) is 1. The maximum absolute atomic E-state index is 12.7. The molecule has 24 heavy (non-hydrogen) atoms. The summed E-state index contributed by atoms with van der Waals surface area (Å²) in [5.41, 5.74) is 0.408. The van der Waals surface area contributed by atoms with Crippen molar-refractivity contribution < 1.29 is 29.0 Å². The van der Waals surface area contributed by atoms with Crippen LogP contribution in [-0.4, -0.2) is 53.2 Å². The van der Waals surface area contributed by atoms with E-state index in [4.69, 9.17) is 14.6 Å². The van der Waals surface area contributed by atoms with Crippen LogP contribution in [0, 0.1) is 0 Å². The van der Waals surface area contributed by atoms with Crippen LogP contribution in [0.5, 0.6) is 11.5 Å². The SMILES string of the molecule is C[C@H](NC(=O)C1CCCN1C(=O)c1ccc2c(c1)OCO2)C(=O)O. The van der Waals surface area contributed by atoms with E-state index in [9.17, 15) is 14.4 Å². The smallest absolute Gasteiger partial charge is 0.325 e. The maximum Gasteiger partial charge on any atom is 0.325 e. The molecule has 0 aliphatic carbocycles. The number of fused-ring (bicyclic) bond motifs is 1. The number of hydrogen-bond donors (Lipinski definition) is 2. The molecule has 2 amide bonds. The Labute approximate surface area is 138 Å². The van der Waals surface area contributed by atoms with Crippen LogP contribution in [0.25, 0.3) is 0 Å². The fourth-order valence-corrected chi connectivity index (χ4v) is 2.85. The highest BCUT2D eigenvalue weighted by Gasteiger charge is 2.36. The lowest BCUT2D eigenvalue weighted by molar-refractivity contribution is -0.141. The summed E-state index contributed by atoms with van der Waals surface area (Å²) in [6.07, 6.45) is 1.20. The average Bonchev–Trinajstić information content (AvgIpc) is 3.22. The van der Waals surface area contributed by atoms with Crippen molar-refractivity contribution in [3.8, 4) is 11.5 Å². The van der Waals surface area contributed by atoms with Gasteiger partial charge in [-0.2, -0.15) is 0 Å². The third kappa shape index (κ3) is 2.99. The molecule has 1 aromatic rings. The summed E-state index contributed by atoms with van der Waals surface area (Å²) in [5.74, 6) is -0.765. The Morgan fingerprint density at radius 1 is 1.29 bits per heavy atom. The summed E-state index contributed by atoms with van der Waals surface area (Å²) in [5, 5.41) is 11.3. The first-order chi connectivity index (χ1) is 11.5. The second-order valence-corrected chi connectivity index (χ2v) is 5.79. The molecule has 2 heterocycles. The fourth-order valence-electron chi connectivity index (χ4n) is 2.85. The zero-order chi connectivity index (χ0) is 17.3. The number of carbonyl (C=O) groups excluding carboxylic acids is 2. The van der Waals surface area contributed by atoms with E-state index in [0.717, 1.165) is 0 Å². The van der Waals surface area contributed by atoms with Gasteiger partial charge < -0.3 is 24.8 Å². The van der Waals surface area contributed by atoms with Gasteiger partial charge in [0.05, 0.1) is 0 Å². The molecule has 1 fully saturated rings. The van der Waals surface area contributed by atoms with E-state index in [1.54, 1.807) is 18.2 Å². The first kappa shape index (κ1) is 16.1. The molecule has 0 bridgehead atoms. The standard InChI is InChI=1S/C16H18N2O6/c1-9(16(21)22)17-14(19)11-3-2-6-18(11)15(20)10-4-5-12-13(7-10)24-8-23-12/h4-5,7,9,11H,2-3,6,8H2,1H3,(H,17,19)(H,21,22)/t9-,11?/m0/s1. The van der Waals surface area contributed by atoms with Crippen molar-refractivity contribution in [2.24, 2.45) is 0 Å². The van der Waals surface area contributed by atoms with Gasteiger partial charge in [-0.15, -0.1) is 0 Å². The highest BCUT2D eigenvalue weighted by atomic mass is 16.7. The van der Waals surface area contributed by atoms with Crippen molar-refractivity contribution >= 4 is 17.8 Å². The number of ether oxygens (including phenoxy) is 2. The molecular formula is C16H18N2O6. The number of rotatable bonds is 4. The predicted molar refractivity (Wildman–Crippen MR) is 81.9 cm³/mol. The zero-order valence-corrected chi connectivity index (χ0v) is 13.2. The molecule has 0 spiro atoms. The maximum atomic E-state index is 12.7. The normalized spacial score (nSPS) is 19.9. The third-order valence-corrected chi connectivity index (χ3v) is 4.17. The number of benzene rings is 1. The predicted octanol–water partition coefficient (Wildman–Crippen LogP) is 0.609. The summed E-state index contributed by atoms with van der Waals surface area (Å²) in [4.78, 5) is 37.3. The fraction of sp³-hybridized carbons (Fsp3) is 0.438. The first-order valence-electron chi connectivity index (χ1n) is 7.71. The van der Waals surface area contributed by atoms with E-state index < -0.39 is 24.0 Å². The summed E-state index contributed by atoms with van der Waals surface area (Å²) in [6.45, 7) is 1.96. The van der Waals surface area contributed by atoms with Gasteiger partial charge in [-0.1, -0.05) is 0 Å². The van der Waals surface area contributed by atoms with Gasteiger partial charge in [-0.25, -0.2) is 0 Å². The van der Waals surface area contributed by atoms with Crippen LogP contribution in [0.2, 0.25) is 0 Å². The van der Waals surface area contributed by atoms with Crippen LogP contribution >= 0.6 is 0 Å². The molecule has 2 atom stereocenters. The highest BCUT2D eigenvalue weighted by molar-refractivity contribution is 5.99. The average molecular weight is 334 g/mol. The number of hydrogen-bond acceptors (Lipinski definition) is 5. The quantitative estimate of drug-likeness (QED) is 0.836. The topological polar surface area (TPSA) is 105 Å². The van der Waals surface area contributed by atoms with Crippen molar-refractivity contribution in [2.45, 2.75) is 31.8 Å². The molecule has 2 N–H and O–H groups in total. The molecule has 1 unspecified atom stereocenters. The number of aliphatic carboxylic acids is 1. The van der Waals surface area contributed by atoms with Crippen LogP contribution in [0.1, 0.15) is 30.1 Å².